The summed E-state index contributed by atoms with van der Waals surface area (Å²) in [6, 6.07) is 3.73. The van der Waals surface area contributed by atoms with Crippen LogP contribution in [0.15, 0.2) is 12.1 Å². The number of fused-ring (bicyclic) bond motifs is 1. The molecule has 1 aliphatic heterocycles. The molecule has 0 saturated heterocycles. The first kappa shape index (κ1) is 16.1. The molecule has 5 nitrogen and oxygen atoms in total. The van der Waals surface area contributed by atoms with Crippen LogP contribution >= 0.6 is 0 Å². The van der Waals surface area contributed by atoms with Crippen molar-refractivity contribution < 1.29 is 19.7 Å². The molecule has 0 radical (unpaired) electrons. The lowest BCUT2D eigenvalue weighted by Crippen LogP contribution is -2.34. The van der Waals surface area contributed by atoms with Crippen LogP contribution in [0, 0.1) is 0 Å². The van der Waals surface area contributed by atoms with Gasteiger partial charge < -0.3 is 19.7 Å². The second-order valence-electron chi connectivity index (χ2n) is 5.40. The first-order chi connectivity index (χ1) is 10.2. The number of ether oxygens (including phenoxy) is 2. The molecule has 0 bridgehead atoms. The number of hydrogen-bond donors (Lipinski definition) is 2. The average molecular weight is 295 g/mol. The van der Waals surface area contributed by atoms with Gasteiger partial charge in [0.1, 0.15) is 11.5 Å². The molecule has 0 fully saturated rings. The van der Waals surface area contributed by atoms with Gasteiger partial charge in [-0.2, -0.15) is 0 Å². The Morgan fingerprint density at radius 1 is 1.14 bits per heavy atom. The molecule has 2 N–H and O–H groups in total. The van der Waals surface area contributed by atoms with E-state index in [1.54, 1.807) is 14.2 Å². The van der Waals surface area contributed by atoms with Gasteiger partial charge in [0.15, 0.2) is 0 Å². The normalized spacial score (nSPS) is 18.4. The van der Waals surface area contributed by atoms with Crippen LogP contribution in [0.4, 0.5) is 0 Å². The third-order valence-corrected chi connectivity index (χ3v) is 3.99. The highest BCUT2D eigenvalue weighted by molar-refractivity contribution is 5.51. The van der Waals surface area contributed by atoms with E-state index >= 15 is 0 Å². The summed E-state index contributed by atoms with van der Waals surface area (Å²) in [5.74, 6) is 1.52. The second-order valence-corrected chi connectivity index (χ2v) is 5.40. The fourth-order valence-electron chi connectivity index (χ4n) is 2.94. The second kappa shape index (κ2) is 7.64. The van der Waals surface area contributed by atoms with Gasteiger partial charge in [-0.05, 0) is 37.9 Å². The minimum atomic E-state index is -0.559. The molecule has 2 rings (SSSR count). The van der Waals surface area contributed by atoms with Gasteiger partial charge in [-0.15, -0.1) is 0 Å². The topological polar surface area (TPSA) is 62.2 Å². The molecule has 0 amide bonds. The maximum absolute atomic E-state index is 10.4. The van der Waals surface area contributed by atoms with E-state index in [0.717, 1.165) is 55.0 Å². The minimum absolute atomic E-state index is 0.247. The summed E-state index contributed by atoms with van der Waals surface area (Å²) in [4.78, 5) is 2.23. The Kier molecular flexibility index (Phi) is 5.85. The number of unbranched alkanes of at least 4 members (excludes halogenated alkanes) is 2. The number of β-amino-alcohol motifs (C(OH)–C–C–N with tert-alkyl or cyclic N) is 1. The van der Waals surface area contributed by atoms with Gasteiger partial charge in [0.05, 0.1) is 20.3 Å². The van der Waals surface area contributed by atoms with E-state index < -0.39 is 6.10 Å². The molecule has 0 saturated carbocycles. The van der Waals surface area contributed by atoms with E-state index in [1.807, 2.05) is 12.1 Å². The summed E-state index contributed by atoms with van der Waals surface area (Å²) in [5.41, 5.74) is 1.86. The fraction of sp³-hybridized carbons (Fsp3) is 0.625. The maximum Gasteiger partial charge on any atom is 0.125 e. The number of nitrogens with zero attached hydrogens (tertiary/aromatic N) is 1. The van der Waals surface area contributed by atoms with Crippen molar-refractivity contribution >= 4 is 0 Å². The average Bonchev–Trinajstić information content (AvgIpc) is 2.50. The van der Waals surface area contributed by atoms with Gasteiger partial charge in [-0.3, -0.25) is 4.90 Å². The molecular formula is C16H25NO4. The predicted octanol–water partition coefficient (Wildman–Crippen LogP) is 1.72. The lowest BCUT2D eigenvalue weighted by molar-refractivity contribution is 0.0870. The molecule has 1 aromatic carbocycles. The molecule has 1 unspecified atom stereocenters. The number of hydrogen-bond acceptors (Lipinski definition) is 5. The van der Waals surface area contributed by atoms with Gasteiger partial charge in [-0.1, -0.05) is 0 Å². The van der Waals surface area contributed by atoms with Crippen LogP contribution in [0.1, 0.15) is 36.5 Å². The van der Waals surface area contributed by atoms with Gasteiger partial charge in [-0.25, -0.2) is 0 Å². The molecule has 0 spiro atoms. The summed E-state index contributed by atoms with van der Waals surface area (Å²) >= 11 is 0. The van der Waals surface area contributed by atoms with Crippen molar-refractivity contribution in [3.63, 3.8) is 0 Å². The Morgan fingerprint density at radius 2 is 1.86 bits per heavy atom. The molecule has 0 aliphatic carbocycles. The van der Waals surface area contributed by atoms with E-state index in [0.29, 0.717) is 6.54 Å². The lowest BCUT2D eigenvalue weighted by Gasteiger charge is -2.34. The zero-order valence-electron chi connectivity index (χ0n) is 12.8. The van der Waals surface area contributed by atoms with Gasteiger partial charge in [0.25, 0.3) is 0 Å². The van der Waals surface area contributed by atoms with E-state index in [-0.39, 0.29) is 6.61 Å². The Labute approximate surface area is 126 Å². The molecular weight excluding hydrogens is 270 g/mol. The Balaban J connectivity index is 2.14. The quantitative estimate of drug-likeness (QED) is 0.750. The first-order valence-corrected chi connectivity index (χ1v) is 7.46. The van der Waals surface area contributed by atoms with E-state index in [9.17, 15) is 5.11 Å². The summed E-state index contributed by atoms with van der Waals surface area (Å²) < 4.78 is 10.8. The third kappa shape index (κ3) is 3.67. The minimum Gasteiger partial charge on any atom is -0.496 e. The lowest BCUT2D eigenvalue weighted by atomic mass is 9.95. The van der Waals surface area contributed by atoms with Gasteiger partial charge in [0, 0.05) is 30.8 Å². The SMILES string of the molecule is COc1ccc(OC)c2c1CN(CCCCCO)CC2O. The number of rotatable bonds is 7. The predicted molar refractivity (Wildman–Crippen MR) is 80.7 cm³/mol. The zero-order valence-corrected chi connectivity index (χ0v) is 12.8. The van der Waals surface area contributed by atoms with Crippen molar-refractivity contribution in [2.75, 3.05) is 33.9 Å². The van der Waals surface area contributed by atoms with E-state index in [2.05, 4.69) is 4.90 Å². The molecule has 1 atom stereocenters. The maximum atomic E-state index is 10.4. The largest absolute Gasteiger partial charge is 0.496 e. The van der Waals surface area contributed by atoms with Crippen molar-refractivity contribution in [2.24, 2.45) is 0 Å². The number of methoxy groups -OCH3 is 2. The molecule has 118 valence electrons. The molecule has 1 aliphatic rings. The summed E-state index contributed by atoms with van der Waals surface area (Å²) in [6.45, 7) is 2.52. The van der Waals surface area contributed by atoms with Gasteiger partial charge in [0.2, 0.25) is 0 Å². The summed E-state index contributed by atoms with van der Waals surface area (Å²) in [7, 11) is 3.27. The molecule has 1 heterocycles. The van der Waals surface area contributed by atoms with E-state index in [4.69, 9.17) is 14.6 Å². The highest BCUT2D eigenvalue weighted by Gasteiger charge is 2.29. The van der Waals surface area contributed by atoms with Crippen LogP contribution in [0.25, 0.3) is 0 Å². The standard InChI is InChI=1S/C16H25NO4/c1-20-14-6-7-15(21-2)16-12(14)10-17(11-13(16)19)8-4-3-5-9-18/h6-7,13,18-19H,3-5,8-11H2,1-2H3. The first-order valence-electron chi connectivity index (χ1n) is 7.46. The monoisotopic (exact) mass is 295 g/mol. The Morgan fingerprint density at radius 3 is 2.52 bits per heavy atom. The van der Waals surface area contributed by atoms with Crippen molar-refractivity contribution in [3.8, 4) is 11.5 Å². The summed E-state index contributed by atoms with van der Waals surface area (Å²) in [6.07, 6.45) is 2.31. The van der Waals surface area contributed by atoms with Crippen LogP contribution in [-0.4, -0.2) is 49.0 Å². The molecule has 5 heteroatoms. The van der Waals surface area contributed by atoms with E-state index in [1.165, 1.54) is 0 Å². The van der Waals surface area contributed by atoms with Crippen LogP contribution in [0.3, 0.4) is 0 Å². The van der Waals surface area contributed by atoms with Crippen LogP contribution in [-0.2, 0) is 6.54 Å². The van der Waals surface area contributed by atoms with Crippen molar-refractivity contribution in [1.29, 1.82) is 0 Å². The molecule has 0 aromatic heterocycles. The Hall–Kier alpha value is -1.30. The molecule has 21 heavy (non-hydrogen) atoms. The zero-order chi connectivity index (χ0) is 15.2. The number of aliphatic hydroxyl groups excluding tert-OH is 2. The number of benzene rings is 1. The summed E-state index contributed by atoms with van der Waals surface area (Å²) in [5, 5.41) is 19.3. The van der Waals surface area contributed by atoms with Gasteiger partial charge >= 0.3 is 0 Å². The third-order valence-electron chi connectivity index (χ3n) is 3.99. The smallest absolute Gasteiger partial charge is 0.125 e. The Bertz CT molecular complexity index is 464. The number of aliphatic hydroxyl groups is 2. The van der Waals surface area contributed by atoms with Crippen molar-refractivity contribution in [1.82, 2.24) is 4.90 Å². The highest BCUT2D eigenvalue weighted by atomic mass is 16.5. The van der Waals surface area contributed by atoms with Crippen LogP contribution < -0.4 is 9.47 Å². The van der Waals surface area contributed by atoms with Crippen LogP contribution in [0.5, 0.6) is 11.5 Å². The van der Waals surface area contributed by atoms with Crippen molar-refractivity contribution in [3.05, 3.63) is 23.3 Å². The van der Waals surface area contributed by atoms with Crippen LogP contribution in [0.2, 0.25) is 0 Å². The fourth-order valence-corrected chi connectivity index (χ4v) is 2.94. The highest BCUT2D eigenvalue weighted by Crippen LogP contribution is 2.39. The van der Waals surface area contributed by atoms with Crippen molar-refractivity contribution in [2.45, 2.75) is 31.9 Å². The molecule has 1 aromatic rings.